The van der Waals surface area contributed by atoms with Crippen molar-refractivity contribution in [2.24, 2.45) is 0 Å². The highest BCUT2D eigenvalue weighted by atomic mass is 79.9. The minimum Gasteiger partial charge on any atom is -0.468 e. The van der Waals surface area contributed by atoms with Crippen molar-refractivity contribution in [3.63, 3.8) is 0 Å². The maximum atomic E-state index is 11.2. The van der Waals surface area contributed by atoms with Gasteiger partial charge in [-0.05, 0) is 25.8 Å². The summed E-state index contributed by atoms with van der Waals surface area (Å²) < 4.78 is 4.68. The molecule has 3 nitrogen and oxygen atoms in total. The molecule has 1 aliphatic carbocycles. The first kappa shape index (κ1) is 12.0. The van der Waals surface area contributed by atoms with Crippen LogP contribution in [0.25, 0.3) is 0 Å². The Labute approximate surface area is 93.9 Å². The molecule has 82 valence electrons. The van der Waals surface area contributed by atoms with E-state index in [1.54, 1.807) is 0 Å². The Balaban J connectivity index is 2.33. The molecule has 1 fully saturated rings. The second kappa shape index (κ2) is 5.71. The van der Waals surface area contributed by atoms with Crippen LogP contribution >= 0.6 is 15.9 Å². The molecule has 0 aromatic heterocycles. The van der Waals surface area contributed by atoms with Gasteiger partial charge < -0.3 is 4.74 Å². The number of esters is 1. The van der Waals surface area contributed by atoms with E-state index < -0.39 is 0 Å². The number of nitrogens with zero attached hydrogens (tertiary/aromatic N) is 1. The zero-order valence-corrected chi connectivity index (χ0v) is 10.4. The average molecular weight is 264 g/mol. The van der Waals surface area contributed by atoms with Gasteiger partial charge in [0.25, 0.3) is 0 Å². The van der Waals surface area contributed by atoms with E-state index in [1.807, 2.05) is 0 Å². The largest absolute Gasteiger partial charge is 0.468 e. The minimum absolute atomic E-state index is 0.174. The number of carbonyl (C=O) groups excluding carboxylic acids is 1. The van der Waals surface area contributed by atoms with Crippen molar-refractivity contribution in [2.45, 2.75) is 37.1 Å². The van der Waals surface area contributed by atoms with E-state index in [0.29, 0.717) is 6.04 Å². The lowest BCUT2D eigenvalue weighted by molar-refractivity contribution is -0.140. The summed E-state index contributed by atoms with van der Waals surface area (Å²) in [5.41, 5.74) is 0. The van der Waals surface area contributed by atoms with Crippen LogP contribution in [-0.4, -0.2) is 41.9 Å². The molecule has 1 rings (SSSR count). The Kier molecular flexibility index (Phi) is 4.89. The number of ether oxygens (including phenoxy) is 1. The molecule has 0 heterocycles. The van der Waals surface area contributed by atoms with Gasteiger partial charge in [0.15, 0.2) is 0 Å². The Morgan fingerprint density at radius 2 is 2.29 bits per heavy atom. The van der Waals surface area contributed by atoms with Crippen molar-refractivity contribution >= 4 is 21.9 Å². The lowest BCUT2D eigenvalue weighted by atomic mass is 10.3. The molecule has 4 heteroatoms. The van der Waals surface area contributed by atoms with Crippen LogP contribution in [0.5, 0.6) is 0 Å². The number of hydrogen-bond acceptors (Lipinski definition) is 3. The summed E-state index contributed by atoms with van der Waals surface area (Å²) in [6.45, 7) is 4.01. The van der Waals surface area contributed by atoms with Crippen molar-refractivity contribution in [3.05, 3.63) is 0 Å². The van der Waals surface area contributed by atoms with Crippen LogP contribution in [0, 0.1) is 0 Å². The first-order chi connectivity index (χ1) is 6.69. The maximum absolute atomic E-state index is 11.2. The molecule has 0 bridgehead atoms. The number of halogens is 1. The molecule has 0 amide bonds. The van der Waals surface area contributed by atoms with Crippen molar-refractivity contribution in [1.29, 1.82) is 0 Å². The first-order valence-electron chi connectivity index (χ1n) is 5.15. The van der Waals surface area contributed by atoms with Crippen LogP contribution in [0.3, 0.4) is 0 Å². The van der Waals surface area contributed by atoms with E-state index in [-0.39, 0.29) is 10.8 Å². The molecule has 0 aromatic rings. The van der Waals surface area contributed by atoms with Gasteiger partial charge in [-0.25, -0.2) is 0 Å². The number of methoxy groups -OCH3 is 1. The highest BCUT2D eigenvalue weighted by Gasteiger charge is 2.31. The van der Waals surface area contributed by atoms with Crippen molar-refractivity contribution in [2.75, 3.05) is 20.2 Å². The van der Waals surface area contributed by atoms with Gasteiger partial charge in [-0.2, -0.15) is 0 Å². The zero-order valence-electron chi connectivity index (χ0n) is 8.83. The summed E-state index contributed by atoms with van der Waals surface area (Å²) in [4.78, 5) is 13.4. The van der Waals surface area contributed by atoms with Gasteiger partial charge in [-0.3, -0.25) is 9.69 Å². The standard InChI is InChI=1S/C10H18BrNO2/c1-3-6-12(8-4-5-8)7-9(11)10(13)14-2/h8-9H,3-7H2,1-2H3. The number of rotatable bonds is 6. The summed E-state index contributed by atoms with van der Waals surface area (Å²) in [5.74, 6) is -0.174. The fraction of sp³-hybridized carbons (Fsp3) is 0.900. The highest BCUT2D eigenvalue weighted by Crippen LogP contribution is 2.27. The Hall–Kier alpha value is -0.0900. The minimum atomic E-state index is -0.181. The lowest BCUT2D eigenvalue weighted by Crippen LogP contribution is -2.36. The summed E-state index contributed by atoms with van der Waals surface area (Å²) in [5, 5.41) is 0. The predicted octanol–water partition coefficient (Wildman–Crippen LogP) is 1.80. The van der Waals surface area contributed by atoms with E-state index in [2.05, 4.69) is 32.5 Å². The average Bonchev–Trinajstić information content (AvgIpc) is 2.99. The zero-order chi connectivity index (χ0) is 10.6. The Bertz CT molecular complexity index is 195. The summed E-state index contributed by atoms with van der Waals surface area (Å²) in [6.07, 6.45) is 3.69. The van der Waals surface area contributed by atoms with Crippen molar-refractivity contribution in [3.8, 4) is 0 Å². The molecule has 0 aliphatic heterocycles. The molecule has 1 unspecified atom stereocenters. The molecule has 0 aromatic carbocycles. The van der Waals surface area contributed by atoms with Crippen molar-refractivity contribution in [1.82, 2.24) is 4.90 Å². The van der Waals surface area contributed by atoms with E-state index >= 15 is 0 Å². The normalized spacial score (nSPS) is 18.3. The fourth-order valence-electron chi connectivity index (χ4n) is 1.56. The van der Waals surface area contributed by atoms with E-state index in [4.69, 9.17) is 0 Å². The van der Waals surface area contributed by atoms with Crippen LogP contribution in [0.15, 0.2) is 0 Å². The number of alkyl halides is 1. The van der Waals surface area contributed by atoms with E-state index in [9.17, 15) is 4.79 Å². The molecule has 0 N–H and O–H groups in total. The second-order valence-electron chi connectivity index (χ2n) is 3.72. The van der Waals surface area contributed by atoms with Gasteiger partial charge in [0.2, 0.25) is 0 Å². The molecule has 14 heavy (non-hydrogen) atoms. The van der Waals surface area contributed by atoms with Crippen LogP contribution < -0.4 is 0 Å². The molecule has 0 radical (unpaired) electrons. The topological polar surface area (TPSA) is 29.5 Å². The maximum Gasteiger partial charge on any atom is 0.320 e. The first-order valence-corrected chi connectivity index (χ1v) is 6.06. The third kappa shape index (κ3) is 3.58. The lowest BCUT2D eigenvalue weighted by Gasteiger charge is -2.22. The SMILES string of the molecule is CCCN(CC(Br)C(=O)OC)C1CC1. The predicted molar refractivity (Wildman–Crippen MR) is 59.6 cm³/mol. The third-order valence-electron chi connectivity index (χ3n) is 2.43. The highest BCUT2D eigenvalue weighted by molar-refractivity contribution is 9.10. The second-order valence-corrected chi connectivity index (χ2v) is 4.82. The number of hydrogen-bond donors (Lipinski definition) is 0. The van der Waals surface area contributed by atoms with Gasteiger partial charge in [0, 0.05) is 12.6 Å². The van der Waals surface area contributed by atoms with Gasteiger partial charge >= 0.3 is 5.97 Å². The molecule has 1 atom stereocenters. The molecular formula is C10H18BrNO2. The molecule has 1 aliphatic rings. The summed E-state index contributed by atoms with van der Waals surface area (Å²) in [6, 6.07) is 0.708. The van der Waals surface area contributed by atoms with Crippen molar-refractivity contribution < 1.29 is 9.53 Å². The molecule has 0 spiro atoms. The van der Waals surface area contributed by atoms with Crippen LogP contribution in [0.2, 0.25) is 0 Å². The van der Waals surface area contributed by atoms with Crippen LogP contribution in [0.4, 0.5) is 0 Å². The van der Waals surface area contributed by atoms with Gasteiger partial charge in [0.05, 0.1) is 7.11 Å². The quantitative estimate of drug-likeness (QED) is 0.541. The Morgan fingerprint density at radius 3 is 2.71 bits per heavy atom. The monoisotopic (exact) mass is 263 g/mol. The van der Waals surface area contributed by atoms with E-state index in [0.717, 1.165) is 19.5 Å². The van der Waals surface area contributed by atoms with Gasteiger partial charge in [-0.15, -0.1) is 0 Å². The fourth-order valence-corrected chi connectivity index (χ4v) is 2.12. The van der Waals surface area contributed by atoms with Crippen LogP contribution in [-0.2, 0) is 9.53 Å². The molecule has 0 saturated heterocycles. The number of carbonyl (C=O) groups is 1. The smallest absolute Gasteiger partial charge is 0.320 e. The summed E-state index contributed by atoms with van der Waals surface area (Å²) >= 11 is 3.35. The third-order valence-corrected chi connectivity index (χ3v) is 3.09. The molecular weight excluding hydrogens is 246 g/mol. The van der Waals surface area contributed by atoms with E-state index in [1.165, 1.54) is 20.0 Å². The summed E-state index contributed by atoms with van der Waals surface area (Å²) in [7, 11) is 1.43. The van der Waals surface area contributed by atoms with Crippen LogP contribution in [0.1, 0.15) is 26.2 Å². The van der Waals surface area contributed by atoms with Gasteiger partial charge in [0.1, 0.15) is 4.83 Å². The Morgan fingerprint density at radius 1 is 1.64 bits per heavy atom. The van der Waals surface area contributed by atoms with Gasteiger partial charge in [-0.1, -0.05) is 22.9 Å². The molecule has 1 saturated carbocycles.